The number of carboxylic acid groups (broad SMARTS) is 1. The number of morpholine rings is 1. The molecule has 0 aromatic carbocycles. The van der Waals surface area contributed by atoms with Crippen LogP contribution in [0.4, 0.5) is 4.79 Å². The normalized spacial score (nSPS) is 29.2. The van der Waals surface area contributed by atoms with Gasteiger partial charge in [0.25, 0.3) is 0 Å². The van der Waals surface area contributed by atoms with Crippen LogP contribution in [0, 0.1) is 5.92 Å². The smallest absolute Gasteiger partial charge is 0.410 e. The second-order valence-corrected chi connectivity index (χ2v) is 6.60. The maximum absolute atomic E-state index is 12.3. The van der Waals surface area contributed by atoms with Gasteiger partial charge in [0.2, 0.25) is 5.91 Å². The predicted octanol–water partition coefficient (Wildman–Crippen LogP) is -0.0400. The summed E-state index contributed by atoms with van der Waals surface area (Å²) in [5, 5.41) is 19.4. The van der Waals surface area contributed by atoms with Crippen molar-refractivity contribution in [3.63, 3.8) is 0 Å². The molecule has 1 unspecified atom stereocenters. The van der Waals surface area contributed by atoms with Crippen molar-refractivity contribution < 1.29 is 34.1 Å². The van der Waals surface area contributed by atoms with E-state index in [4.69, 9.17) is 9.47 Å². The first-order valence-electron chi connectivity index (χ1n) is 8.48. The number of fused-ring (bicyclic) bond motifs is 1. The highest BCUT2D eigenvalue weighted by Gasteiger charge is 2.57. The Labute approximate surface area is 150 Å². The molecule has 0 aromatic rings. The van der Waals surface area contributed by atoms with Crippen molar-refractivity contribution in [3.05, 3.63) is 23.9 Å². The number of β-lactam (4-membered cyclic amide) rings is 1. The summed E-state index contributed by atoms with van der Waals surface area (Å²) < 4.78 is 10.7. The van der Waals surface area contributed by atoms with Crippen molar-refractivity contribution >= 4 is 18.0 Å². The molecule has 3 aliphatic heterocycles. The minimum Gasteiger partial charge on any atom is -0.477 e. The zero-order chi connectivity index (χ0) is 19.0. The Balaban J connectivity index is 1.79. The molecule has 0 bridgehead atoms. The van der Waals surface area contributed by atoms with E-state index in [1.165, 1.54) is 22.8 Å². The topological polar surface area (TPSA) is 117 Å². The Bertz CT molecular complexity index is 672. The number of ether oxygens (including phenoxy) is 2. The van der Waals surface area contributed by atoms with Gasteiger partial charge in [-0.15, -0.1) is 0 Å². The molecule has 0 radical (unpaired) electrons. The van der Waals surface area contributed by atoms with Crippen LogP contribution in [0.1, 0.15) is 13.3 Å². The third-order valence-electron chi connectivity index (χ3n) is 5.00. The van der Waals surface area contributed by atoms with E-state index in [1.807, 2.05) is 0 Å². The number of nitrogens with zero attached hydrogens (tertiary/aromatic N) is 2. The molecule has 9 nitrogen and oxygen atoms in total. The van der Waals surface area contributed by atoms with Crippen LogP contribution in [0.15, 0.2) is 23.9 Å². The molecular formula is C17H22N2O7. The zero-order valence-corrected chi connectivity index (χ0v) is 14.5. The lowest BCUT2D eigenvalue weighted by Crippen LogP contribution is -2.61. The van der Waals surface area contributed by atoms with Crippen molar-refractivity contribution in [3.8, 4) is 0 Å². The van der Waals surface area contributed by atoms with Gasteiger partial charge in [0.15, 0.2) is 0 Å². The average molecular weight is 366 g/mol. The third kappa shape index (κ3) is 2.97. The molecule has 4 atom stereocenters. The molecule has 3 heterocycles. The molecule has 3 aliphatic rings. The van der Waals surface area contributed by atoms with E-state index < -0.39 is 36.1 Å². The average Bonchev–Trinajstić information content (AvgIpc) is 2.94. The van der Waals surface area contributed by atoms with Gasteiger partial charge in [-0.1, -0.05) is 12.7 Å². The van der Waals surface area contributed by atoms with Gasteiger partial charge in [-0.3, -0.25) is 4.79 Å². The van der Waals surface area contributed by atoms with E-state index in [9.17, 15) is 24.6 Å². The molecule has 0 aromatic heterocycles. The van der Waals surface area contributed by atoms with Gasteiger partial charge in [0.1, 0.15) is 12.3 Å². The Morgan fingerprint density at radius 3 is 2.85 bits per heavy atom. The van der Waals surface area contributed by atoms with Crippen molar-refractivity contribution in [2.75, 3.05) is 26.3 Å². The largest absolute Gasteiger partial charge is 0.477 e. The number of amides is 2. The van der Waals surface area contributed by atoms with E-state index in [0.717, 1.165) is 0 Å². The van der Waals surface area contributed by atoms with Gasteiger partial charge in [-0.2, -0.15) is 0 Å². The van der Waals surface area contributed by atoms with E-state index >= 15 is 0 Å². The molecule has 142 valence electrons. The van der Waals surface area contributed by atoms with E-state index in [0.29, 0.717) is 18.5 Å². The van der Waals surface area contributed by atoms with Crippen LogP contribution < -0.4 is 0 Å². The highest BCUT2D eigenvalue weighted by Crippen LogP contribution is 2.45. The summed E-state index contributed by atoms with van der Waals surface area (Å²) in [5.41, 5.74) is 0.378. The third-order valence-corrected chi connectivity index (χ3v) is 5.00. The molecule has 2 saturated heterocycles. The minimum atomic E-state index is -1.21. The molecule has 9 heteroatoms. The number of aliphatic carboxylic acids is 1. The van der Waals surface area contributed by atoms with E-state index in [-0.39, 0.29) is 31.5 Å². The van der Waals surface area contributed by atoms with Crippen LogP contribution in [0.3, 0.4) is 0 Å². The fourth-order valence-corrected chi connectivity index (χ4v) is 3.84. The maximum Gasteiger partial charge on any atom is 0.410 e. The highest BCUT2D eigenvalue weighted by atomic mass is 16.6. The second kappa shape index (κ2) is 7.08. The molecule has 0 spiro atoms. The SMILES string of the molecule is C=CCOC(=O)N1CCOC(C2=C(C(=O)O)N3C(=O)[C@H]([C@@H](C)O)[C@H]3C2)C1. The number of carboxylic acids is 1. The van der Waals surface area contributed by atoms with Crippen molar-refractivity contribution in [2.24, 2.45) is 5.92 Å². The first-order valence-corrected chi connectivity index (χ1v) is 8.48. The lowest BCUT2D eigenvalue weighted by Gasteiger charge is -2.44. The number of aliphatic hydroxyl groups is 1. The summed E-state index contributed by atoms with van der Waals surface area (Å²) >= 11 is 0. The number of rotatable bonds is 5. The summed E-state index contributed by atoms with van der Waals surface area (Å²) in [5.74, 6) is -2.22. The lowest BCUT2D eigenvalue weighted by molar-refractivity contribution is -0.161. The van der Waals surface area contributed by atoms with Crippen LogP contribution in [-0.4, -0.2) is 82.5 Å². The quantitative estimate of drug-likeness (QED) is 0.518. The van der Waals surface area contributed by atoms with Crippen LogP contribution in [0.5, 0.6) is 0 Å². The summed E-state index contributed by atoms with van der Waals surface area (Å²) in [6, 6.07) is -0.379. The monoisotopic (exact) mass is 366 g/mol. The van der Waals surface area contributed by atoms with Crippen molar-refractivity contribution in [1.82, 2.24) is 9.80 Å². The van der Waals surface area contributed by atoms with Gasteiger partial charge >= 0.3 is 12.1 Å². The lowest BCUT2D eigenvalue weighted by atomic mass is 9.82. The summed E-state index contributed by atoms with van der Waals surface area (Å²) in [4.78, 5) is 38.7. The number of carbonyl (C=O) groups is 3. The van der Waals surface area contributed by atoms with E-state index in [1.54, 1.807) is 0 Å². The Hall–Kier alpha value is -2.39. The van der Waals surface area contributed by atoms with Crippen molar-refractivity contribution in [2.45, 2.75) is 31.6 Å². The second-order valence-electron chi connectivity index (χ2n) is 6.60. The number of carbonyl (C=O) groups excluding carboxylic acids is 2. The number of hydrogen-bond acceptors (Lipinski definition) is 6. The summed E-state index contributed by atoms with van der Waals surface area (Å²) in [6.07, 6.45) is -0.224. The van der Waals surface area contributed by atoms with Crippen LogP contribution >= 0.6 is 0 Å². The van der Waals surface area contributed by atoms with Gasteiger partial charge in [0.05, 0.1) is 37.3 Å². The van der Waals surface area contributed by atoms with Gasteiger partial charge in [-0.25, -0.2) is 9.59 Å². The predicted molar refractivity (Wildman–Crippen MR) is 87.9 cm³/mol. The fraction of sp³-hybridized carbons (Fsp3) is 0.588. The molecule has 2 fully saturated rings. The minimum absolute atomic E-state index is 0.0877. The summed E-state index contributed by atoms with van der Waals surface area (Å²) in [6.45, 7) is 5.82. The van der Waals surface area contributed by atoms with Crippen molar-refractivity contribution in [1.29, 1.82) is 0 Å². The molecule has 0 saturated carbocycles. The van der Waals surface area contributed by atoms with Gasteiger partial charge in [0, 0.05) is 6.54 Å². The van der Waals surface area contributed by atoms with Crippen LogP contribution in [0.2, 0.25) is 0 Å². The fourth-order valence-electron chi connectivity index (χ4n) is 3.84. The van der Waals surface area contributed by atoms with Gasteiger partial charge < -0.3 is 29.5 Å². The van der Waals surface area contributed by atoms with Crippen LogP contribution in [-0.2, 0) is 19.1 Å². The summed E-state index contributed by atoms with van der Waals surface area (Å²) in [7, 11) is 0. The molecule has 3 rings (SSSR count). The molecule has 26 heavy (non-hydrogen) atoms. The first kappa shape index (κ1) is 18.4. The molecule has 0 aliphatic carbocycles. The van der Waals surface area contributed by atoms with E-state index in [2.05, 4.69) is 6.58 Å². The number of hydrogen-bond donors (Lipinski definition) is 2. The first-order chi connectivity index (χ1) is 12.4. The highest BCUT2D eigenvalue weighted by molar-refractivity contribution is 5.99. The Morgan fingerprint density at radius 1 is 1.50 bits per heavy atom. The molecular weight excluding hydrogens is 344 g/mol. The Morgan fingerprint density at radius 2 is 2.23 bits per heavy atom. The zero-order valence-electron chi connectivity index (χ0n) is 14.5. The van der Waals surface area contributed by atoms with Gasteiger partial charge in [-0.05, 0) is 18.9 Å². The standard InChI is InChI=1S/C17H22N2O7/c1-3-5-26-17(24)18-4-6-25-12(8-18)10-7-11-13(9(2)20)15(21)19(11)14(10)16(22)23/h3,9,11-13,20H,1,4-8H2,2H3,(H,22,23)/t9-,11-,12?,13-/m1/s1. The Kier molecular flexibility index (Phi) is 5.01. The number of aliphatic hydroxyl groups excluding tert-OH is 1. The van der Waals surface area contributed by atoms with Crippen LogP contribution in [0.25, 0.3) is 0 Å². The molecule has 2 amide bonds. The molecule has 2 N–H and O–H groups in total. The maximum atomic E-state index is 12.3.